The van der Waals surface area contributed by atoms with Crippen molar-refractivity contribution >= 4 is 6.09 Å². The third-order valence-electron chi connectivity index (χ3n) is 3.30. The Bertz CT molecular complexity index is 645. The summed E-state index contributed by atoms with van der Waals surface area (Å²) in [6.45, 7) is 6.61. The Labute approximate surface area is 144 Å². The summed E-state index contributed by atoms with van der Waals surface area (Å²) in [4.78, 5) is 13.5. The van der Waals surface area contributed by atoms with Crippen LogP contribution in [0.25, 0.3) is 0 Å². The molecule has 128 valence electrons. The van der Waals surface area contributed by atoms with Crippen LogP contribution in [0.15, 0.2) is 54.6 Å². The van der Waals surface area contributed by atoms with E-state index in [1.807, 2.05) is 75.4 Å². The summed E-state index contributed by atoms with van der Waals surface area (Å²) in [5, 5.41) is 0. The Morgan fingerprint density at radius 2 is 1.58 bits per heavy atom. The molecular weight excluding hydrogens is 302 g/mol. The van der Waals surface area contributed by atoms with Crippen LogP contribution in [-0.4, -0.2) is 23.6 Å². The molecule has 0 unspecified atom stereocenters. The van der Waals surface area contributed by atoms with E-state index in [2.05, 4.69) is 0 Å². The molecule has 0 aliphatic carbocycles. The largest absolute Gasteiger partial charge is 0.489 e. The molecule has 0 aliphatic rings. The second kappa shape index (κ2) is 7.86. The third kappa shape index (κ3) is 5.95. The molecule has 24 heavy (non-hydrogen) atoms. The zero-order chi connectivity index (χ0) is 17.6. The summed E-state index contributed by atoms with van der Waals surface area (Å²) >= 11 is 0. The van der Waals surface area contributed by atoms with E-state index in [1.165, 1.54) is 0 Å². The Morgan fingerprint density at radius 3 is 2.17 bits per heavy atom. The lowest BCUT2D eigenvalue weighted by Crippen LogP contribution is -2.33. The molecule has 0 aromatic heterocycles. The van der Waals surface area contributed by atoms with Crippen molar-refractivity contribution in [1.29, 1.82) is 0 Å². The fourth-order valence-electron chi connectivity index (χ4n) is 2.11. The van der Waals surface area contributed by atoms with E-state index in [1.54, 1.807) is 11.9 Å². The normalized spacial score (nSPS) is 11.0. The first-order valence-electron chi connectivity index (χ1n) is 8.03. The van der Waals surface area contributed by atoms with Crippen molar-refractivity contribution in [1.82, 2.24) is 4.90 Å². The molecule has 2 aromatic carbocycles. The predicted molar refractivity (Wildman–Crippen MR) is 94.9 cm³/mol. The minimum atomic E-state index is -0.486. The van der Waals surface area contributed by atoms with Gasteiger partial charge in [-0.1, -0.05) is 42.5 Å². The van der Waals surface area contributed by atoms with Gasteiger partial charge in [-0.3, -0.25) is 0 Å². The molecule has 0 spiro atoms. The maximum Gasteiger partial charge on any atom is 0.410 e. The highest BCUT2D eigenvalue weighted by molar-refractivity contribution is 5.67. The molecule has 0 saturated heterocycles. The lowest BCUT2D eigenvalue weighted by molar-refractivity contribution is 0.0285. The van der Waals surface area contributed by atoms with Crippen LogP contribution < -0.4 is 4.74 Å². The van der Waals surface area contributed by atoms with Crippen molar-refractivity contribution in [2.75, 3.05) is 7.05 Å². The molecule has 0 aliphatic heterocycles. The molecule has 0 radical (unpaired) electrons. The van der Waals surface area contributed by atoms with Crippen LogP contribution in [0, 0.1) is 0 Å². The number of hydrogen-bond acceptors (Lipinski definition) is 3. The minimum absolute atomic E-state index is 0.327. The smallest absolute Gasteiger partial charge is 0.410 e. The number of nitrogens with zero attached hydrogens (tertiary/aromatic N) is 1. The highest BCUT2D eigenvalue weighted by Gasteiger charge is 2.19. The van der Waals surface area contributed by atoms with Gasteiger partial charge in [0.15, 0.2) is 0 Å². The maximum atomic E-state index is 12.0. The van der Waals surface area contributed by atoms with E-state index in [-0.39, 0.29) is 6.09 Å². The number of carbonyl (C=O) groups excluding carboxylic acids is 1. The average molecular weight is 327 g/mol. The fraction of sp³-hybridized carbons (Fsp3) is 0.350. The summed E-state index contributed by atoms with van der Waals surface area (Å²) in [6, 6.07) is 17.8. The summed E-state index contributed by atoms with van der Waals surface area (Å²) < 4.78 is 11.1. The number of ether oxygens (including phenoxy) is 2. The van der Waals surface area contributed by atoms with Gasteiger partial charge in [0.05, 0.1) is 0 Å². The van der Waals surface area contributed by atoms with Crippen LogP contribution in [-0.2, 0) is 17.9 Å². The zero-order valence-corrected chi connectivity index (χ0v) is 14.8. The summed E-state index contributed by atoms with van der Waals surface area (Å²) in [7, 11) is 1.73. The summed E-state index contributed by atoms with van der Waals surface area (Å²) in [6.07, 6.45) is -0.327. The van der Waals surface area contributed by atoms with Gasteiger partial charge in [0, 0.05) is 13.6 Å². The first-order chi connectivity index (χ1) is 11.3. The second-order valence-electron chi connectivity index (χ2n) is 6.75. The molecule has 0 saturated carbocycles. The van der Waals surface area contributed by atoms with Gasteiger partial charge in [-0.25, -0.2) is 4.79 Å². The van der Waals surface area contributed by atoms with Gasteiger partial charge in [0.25, 0.3) is 0 Å². The van der Waals surface area contributed by atoms with Crippen LogP contribution >= 0.6 is 0 Å². The standard InChI is InChI=1S/C20H25NO3/c1-20(2,3)24-19(22)21(4)14-16-10-12-18(13-11-16)23-15-17-8-6-5-7-9-17/h5-13H,14-15H2,1-4H3. The van der Waals surface area contributed by atoms with Crippen molar-refractivity contribution in [3.63, 3.8) is 0 Å². The molecule has 2 aromatic rings. The number of hydrogen-bond donors (Lipinski definition) is 0. The zero-order valence-electron chi connectivity index (χ0n) is 14.8. The lowest BCUT2D eigenvalue weighted by Gasteiger charge is -2.24. The van der Waals surface area contributed by atoms with E-state index in [4.69, 9.17) is 9.47 Å². The van der Waals surface area contributed by atoms with E-state index in [0.29, 0.717) is 13.2 Å². The van der Waals surface area contributed by atoms with Gasteiger partial charge >= 0.3 is 6.09 Å². The Hall–Kier alpha value is -2.49. The highest BCUT2D eigenvalue weighted by atomic mass is 16.6. The van der Waals surface area contributed by atoms with Crippen molar-refractivity contribution < 1.29 is 14.3 Å². The van der Waals surface area contributed by atoms with E-state index < -0.39 is 5.60 Å². The average Bonchev–Trinajstić information content (AvgIpc) is 2.53. The molecule has 1 amide bonds. The van der Waals surface area contributed by atoms with Gasteiger partial charge in [-0.2, -0.15) is 0 Å². The Kier molecular flexibility index (Phi) is 5.85. The number of amides is 1. The number of carbonyl (C=O) groups is 1. The SMILES string of the molecule is CN(Cc1ccc(OCc2ccccc2)cc1)C(=O)OC(C)(C)C. The summed E-state index contributed by atoms with van der Waals surface area (Å²) in [5.41, 5.74) is 1.67. The molecule has 4 nitrogen and oxygen atoms in total. The highest BCUT2D eigenvalue weighted by Crippen LogP contribution is 2.16. The van der Waals surface area contributed by atoms with Crippen molar-refractivity contribution in [3.05, 3.63) is 65.7 Å². The van der Waals surface area contributed by atoms with Gasteiger partial charge in [-0.05, 0) is 44.0 Å². The molecule has 2 rings (SSSR count). The molecule has 0 bridgehead atoms. The van der Waals surface area contributed by atoms with Crippen LogP contribution in [0.4, 0.5) is 4.79 Å². The van der Waals surface area contributed by atoms with Gasteiger partial charge in [-0.15, -0.1) is 0 Å². The summed E-state index contributed by atoms with van der Waals surface area (Å²) in [5.74, 6) is 0.808. The number of benzene rings is 2. The quantitative estimate of drug-likeness (QED) is 0.803. The topological polar surface area (TPSA) is 38.8 Å². The molecule has 4 heteroatoms. The van der Waals surface area contributed by atoms with Gasteiger partial charge < -0.3 is 14.4 Å². The monoisotopic (exact) mass is 327 g/mol. The minimum Gasteiger partial charge on any atom is -0.489 e. The van der Waals surface area contributed by atoms with Crippen molar-refractivity contribution in [2.45, 2.75) is 39.5 Å². The fourth-order valence-corrected chi connectivity index (χ4v) is 2.11. The van der Waals surface area contributed by atoms with Gasteiger partial charge in [0.1, 0.15) is 18.0 Å². The van der Waals surface area contributed by atoms with Crippen LogP contribution in [0.1, 0.15) is 31.9 Å². The second-order valence-corrected chi connectivity index (χ2v) is 6.75. The van der Waals surface area contributed by atoms with Gasteiger partial charge in [0.2, 0.25) is 0 Å². The van der Waals surface area contributed by atoms with E-state index in [9.17, 15) is 4.79 Å². The lowest BCUT2D eigenvalue weighted by atomic mass is 10.2. The number of rotatable bonds is 5. The Balaban J connectivity index is 1.86. The predicted octanol–water partition coefficient (Wildman–Crippen LogP) is 4.63. The van der Waals surface area contributed by atoms with E-state index >= 15 is 0 Å². The maximum absolute atomic E-state index is 12.0. The van der Waals surface area contributed by atoms with Crippen LogP contribution in [0.3, 0.4) is 0 Å². The first kappa shape index (κ1) is 17.9. The van der Waals surface area contributed by atoms with Crippen molar-refractivity contribution in [2.24, 2.45) is 0 Å². The molecule has 0 atom stereocenters. The van der Waals surface area contributed by atoms with Crippen molar-refractivity contribution in [3.8, 4) is 5.75 Å². The molecule has 0 N–H and O–H groups in total. The van der Waals surface area contributed by atoms with E-state index in [0.717, 1.165) is 16.9 Å². The third-order valence-corrected chi connectivity index (χ3v) is 3.30. The van der Waals surface area contributed by atoms with Crippen LogP contribution in [0.5, 0.6) is 5.75 Å². The molecule has 0 fully saturated rings. The molecule has 0 heterocycles. The first-order valence-corrected chi connectivity index (χ1v) is 8.03. The molecular formula is C20H25NO3. The Morgan fingerprint density at radius 1 is 0.958 bits per heavy atom. The van der Waals surface area contributed by atoms with Crippen LogP contribution in [0.2, 0.25) is 0 Å².